The summed E-state index contributed by atoms with van der Waals surface area (Å²) in [4.78, 5) is 0. The Morgan fingerprint density at radius 2 is 1.80 bits per heavy atom. The van der Waals surface area contributed by atoms with Gasteiger partial charge in [-0.2, -0.15) is 0 Å². The SMILES string of the molecule is Cc1cc(Br)ccc1NCc1cc(Cl)ccc1OCc1ccccc1. The molecule has 0 saturated carbocycles. The van der Waals surface area contributed by atoms with Gasteiger partial charge < -0.3 is 10.1 Å². The van der Waals surface area contributed by atoms with Crippen LogP contribution in [0.2, 0.25) is 5.02 Å². The van der Waals surface area contributed by atoms with Crippen LogP contribution < -0.4 is 10.1 Å². The maximum Gasteiger partial charge on any atom is 0.124 e. The summed E-state index contributed by atoms with van der Waals surface area (Å²) >= 11 is 9.67. The zero-order valence-corrected chi connectivity index (χ0v) is 16.3. The Hall–Kier alpha value is -1.97. The van der Waals surface area contributed by atoms with E-state index in [2.05, 4.69) is 52.4 Å². The lowest BCUT2D eigenvalue weighted by Gasteiger charge is -2.15. The van der Waals surface area contributed by atoms with Gasteiger partial charge in [0.15, 0.2) is 0 Å². The van der Waals surface area contributed by atoms with Gasteiger partial charge in [-0.15, -0.1) is 0 Å². The van der Waals surface area contributed by atoms with E-state index in [9.17, 15) is 0 Å². The second kappa shape index (κ2) is 8.41. The van der Waals surface area contributed by atoms with E-state index in [0.29, 0.717) is 18.2 Å². The molecule has 3 aromatic carbocycles. The highest BCUT2D eigenvalue weighted by Gasteiger charge is 2.07. The van der Waals surface area contributed by atoms with E-state index in [-0.39, 0.29) is 0 Å². The summed E-state index contributed by atoms with van der Waals surface area (Å²) in [6.07, 6.45) is 0. The second-order valence-corrected chi connectivity index (χ2v) is 7.19. The largest absolute Gasteiger partial charge is 0.489 e. The van der Waals surface area contributed by atoms with Gasteiger partial charge in [-0.25, -0.2) is 0 Å². The molecule has 0 heterocycles. The molecule has 0 aliphatic carbocycles. The Labute approximate surface area is 161 Å². The third-order valence-electron chi connectivity index (χ3n) is 3.92. The van der Waals surface area contributed by atoms with Gasteiger partial charge in [0, 0.05) is 27.3 Å². The Balaban J connectivity index is 1.72. The van der Waals surface area contributed by atoms with E-state index < -0.39 is 0 Å². The molecule has 2 nitrogen and oxygen atoms in total. The fourth-order valence-corrected chi connectivity index (χ4v) is 3.25. The van der Waals surface area contributed by atoms with Crippen LogP contribution in [0, 0.1) is 6.92 Å². The number of hydrogen-bond donors (Lipinski definition) is 1. The lowest BCUT2D eigenvalue weighted by atomic mass is 10.1. The number of anilines is 1. The first-order valence-electron chi connectivity index (χ1n) is 8.07. The lowest BCUT2D eigenvalue weighted by molar-refractivity contribution is 0.303. The summed E-state index contributed by atoms with van der Waals surface area (Å²) in [6, 6.07) is 22.1. The summed E-state index contributed by atoms with van der Waals surface area (Å²) in [6.45, 7) is 3.26. The van der Waals surface area contributed by atoms with Crippen LogP contribution in [0.1, 0.15) is 16.7 Å². The third kappa shape index (κ3) is 5.00. The molecule has 0 atom stereocenters. The molecule has 0 aromatic heterocycles. The van der Waals surface area contributed by atoms with Gasteiger partial charge in [-0.1, -0.05) is 57.9 Å². The molecular weight excluding hydrogens is 398 g/mol. The van der Waals surface area contributed by atoms with Crippen LogP contribution in [-0.4, -0.2) is 0 Å². The number of aryl methyl sites for hydroxylation is 1. The van der Waals surface area contributed by atoms with Crippen LogP contribution in [0.25, 0.3) is 0 Å². The average Bonchev–Trinajstić information content (AvgIpc) is 2.61. The van der Waals surface area contributed by atoms with E-state index in [1.807, 2.05) is 42.5 Å². The van der Waals surface area contributed by atoms with Crippen molar-refractivity contribution in [3.05, 3.63) is 92.9 Å². The Morgan fingerprint density at radius 1 is 1.00 bits per heavy atom. The molecule has 3 rings (SSSR count). The van der Waals surface area contributed by atoms with E-state index in [4.69, 9.17) is 16.3 Å². The molecule has 0 saturated heterocycles. The van der Waals surface area contributed by atoms with Crippen LogP contribution in [0.15, 0.2) is 71.2 Å². The maximum absolute atomic E-state index is 6.18. The first-order chi connectivity index (χ1) is 12.1. The van der Waals surface area contributed by atoms with Gasteiger partial charge in [0.25, 0.3) is 0 Å². The van der Waals surface area contributed by atoms with Gasteiger partial charge in [0.05, 0.1) is 0 Å². The summed E-state index contributed by atoms with van der Waals surface area (Å²) in [7, 11) is 0. The summed E-state index contributed by atoms with van der Waals surface area (Å²) in [5.41, 5.74) is 4.45. The average molecular weight is 417 g/mol. The topological polar surface area (TPSA) is 21.3 Å². The number of ether oxygens (including phenoxy) is 1. The normalized spacial score (nSPS) is 10.5. The quantitative estimate of drug-likeness (QED) is 0.488. The van der Waals surface area contributed by atoms with Crippen LogP contribution >= 0.6 is 27.5 Å². The molecule has 25 heavy (non-hydrogen) atoms. The summed E-state index contributed by atoms with van der Waals surface area (Å²) < 4.78 is 7.08. The molecule has 0 aliphatic rings. The van der Waals surface area contributed by atoms with Crippen molar-refractivity contribution in [1.29, 1.82) is 0 Å². The first kappa shape index (κ1) is 17.8. The molecule has 0 spiro atoms. The van der Waals surface area contributed by atoms with Crippen molar-refractivity contribution in [3.63, 3.8) is 0 Å². The number of rotatable bonds is 6. The van der Waals surface area contributed by atoms with Crippen molar-refractivity contribution in [1.82, 2.24) is 0 Å². The minimum Gasteiger partial charge on any atom is -0.489 e. The Kier molecular flexibility index (Phi) is 6.00. The van der Waals surface area contributed by atoms with Crippen LogP contribution in [-0.2, 0) is 13.2 Å². The highest BCUT2D eigenvalue weighted by atomic mass is 79.9. The molecule has 0 amide bonds. The fraction of sp³-hybridized carbons (Fsp3) is 0.143. The van der Waals surface area contributed by atoms with E-state index in [0.717, 1.165) is 27.0 Å². The molecule has 0 radical (unpaired) electrons. The van der Waals surface area contributed by atoms with Gasteiger partial charge in [-0.3, -0.25) is 0 Å². The predicted octanol–water partition coefficient (Wildman–Crippen LogP) is 6.60. The number of benzene rings is 3. The molecule has 0 fully saturated rings. The van der Waals surface area contributed by atoms with Crippen molar-refractivity contribution in [2.75, 3.05) is 5.32 Å². The standard InChI is InChI=1S/C21H19BrClNO/c1-15-11-18(22)7-9-20(15)24-13-17-12-19(23)8-10-21(17)25-14-16-5-3-2-4-6-16/h2-12,24H,13-14H2,1H3. The molecule has 0 aliphatic heterocycles. The highest BCUT2D eigenvalue weighted by molar-refractivity contribution is 9.10. The predicted molar refractivity (Wildman–Crippen MR) is 108 cm³/mol. The molecular formula is C21H19BrClNO. The third-order valence-corrected chi connectivity index (χ3v) is 4.65. The van der Waals surface area contributed by atoms with Crippen molar-refractivity contribution in [2.24, 2.45) is 0 Å². The van der Waals surface area contributed by atoms with E-state index in [1.165, 1.54) is 5.56 Å². The fourth-order valence-electron chi connectivity index (χ4n) is 2.58. The molecule has 4 heteroatoms. The number of halogens is 2. The molecule has 0 unspecified atom stereocenters. The van der Waals surface area contributed by atoms with Crippen molar-refractivity contribution in [2.45, 2.75) is 20.1 Å². The monoisotopic (exact) mass is 415 g/mol. The smallest absolute Gasteiger partial charge is 0.124 e. The Morgan fingerprint density at radius 3 is 2.56 bits per heavy atom. The molecule has 128 valence electrons. The molecule has 0 bridgehead atoms. The van der Waals surface area contributed by atoms with Crippen LogP contribution in [0.5, 0.6) is 5.75 Å². The van der Waals surface area contributed by atoms with Gasteiger partial charge >= 0.3 is 0 Å². The van der Waals surface area contributed by atoms with Crippen molar-refractivity contribution >= 4 is 33.2 Å². The second-order valence-electron chi connectivity index (χ2n) is 5.84. The minimum atomic E-state index is 0.535. The number of nitrogens with one attached hydrogen (secondary N) is 1. The maximum atomic E-state index is 6.18. The van der Waals surface area contributed by atoms with Crippen LogP contribution in [0.4, 0.5) is 5.69 Å². The van der Waals surface area contributed by atoms with E-state index >= 15 is 0 Å². The highest BCUT2D eigenvalue weighted by Crippen LogP contribution is 2.26. The molecule has 1 N–H and O–H groups in total. The van der Waals surface area contributed by atoms with Crippen molar-refractivity contribution < 1.29 is 4.74 Å². The molecule has 3 aromatic rings. The number of hydrogen-bond acceptors (Lipinski definition) is 2. The van der Waals surface area contributed by atoms with Gasteiger partial charge in [-0.05, 0) is 54.4 Å². The summed E-state index contributed by atoms with van der Waals surface area (Å²) in [5.74, 6) is 0.843. The lowest BCUT2D eigenvalue weighted by Crippen LogP contribution is -2.04. The van der Waals surface area contributed by atoms with Crippen LogP contribution in [0.3, 0.4) is 0 Å². The first-order valence-corrected chi connectivity index (χ1v) is 9.24. The minimum absolute atomic E-state index is 0.535. The Bertz CT molecular complexity index is 852. The van der Waals surface area contributed by atoms with Crippen molar-refractivity contribution in [3.8, 4) is 5.75 Å². The zero-order chi connectivity index (χ0) is 17.6. The summed E-state index contributed by atoms with van der Waals surface area (Å²) in [5, 5.41) is 4.17. The van der Waals surface area contributed by atoms with Gasteiger partial charge in [0.2, 0.25) is 0 Å². The van der Waals surface area contributed by atoms with Gasteiger partial charge in [0.1, 0.15) is 12.4 Å². The van der Waals surface area contributed by atoms with E-state index in [1.54, 1.807) is 0 Å². The zero-order valence-electron chi connectivity index (χ0n) is 13.9.